The number of hydrogen-bond donors (Lipinski definition) is 1. The Hall–Kier alpha value is 0.150. The van der Waals surface area contributed by atoms with Crippen molar-refractivity contribution in [1.29, 1.82) is 0 Å². The number of benzene rings is 1. The van der Waals surface area contributed by atoms with Crippen LogP contribution in [0, 0.1) is 0 Å². The van der Waals surface area contributed by atoms with Crippen LogP contribution in [0.25, 0.3) is 0 Å². The van der Waals surface area contributed by atoms with E-state index in [4.69, 9.17) is 43.9 Å². The predicted octanol–water partition coefficient (Wildman–Crippen LogP) is 4.70. The first-order valence-electron chi connectivity index (χ1n) is 7.38. The molecule has 1 N–H and O–H groups in total. The van der Waals surface area contributed by atoms with E-state index in [0.29, 0.717) is 0 Å². The molecule has 0 aliphatic carbocycles. The van der Waals surface area contributed by atoms with Gasteiger partial charge in [-0.1, -0.05) is 53.0 Å². The van der Waals surface area contributed by atoms with Crippen molar-refractivity contribution in [2.45, 2.75) is 54.4 Å². The zero-order valence-corrected chi connectivity index (χ0v) is 18.1. The van der Waals surface area contributed by atoms with Gasteiger partial charge in [0.2, 0.25) is 13.8 Å². The molecule has 0 spiro atoms. The van der Waals surface area contributed by atoms with E-state index in [0.717, 1.165) is 0 Å². The molecule has 0 aromatic heterocycles. The largest absolute Gasteiger partial charge is 0.353 e. The van der Waals surface area contributed by atoms with Gasteiger partial charge in [0.1, 0.15) is 0 Å². The lowest BCUT2D eigenvalue weighted by atomic mass is 10.4. The smallest absolute Gasteiger partial charge is 0.305 e. The average Bonchev–Trinajstić information content (AvgIpc) is 2.42. The lowest BCUT2D eigenvalue weighted by molar-refractivity contribution is 0.135. The predicted molar refractivity (Wildman–Crippen MR) is 101 cm³/mol. The fraction of sp³-hybridized carbons (Fsp3) is 0.571. The van der Waals surface area contributed by atoms with Crippen molar-refractivity contribution >= 4 is 52.4 Å². The summed E-state index contributed by atoms with van der Waals surface area (Å²) >= 11 is 17.7. The maximum absolute atomic E-state index is 13.3. The van der Waals surface area contributed by atoms with Crippen LogP contribution in [0.15, 0.2) is 35.2 Å². The second-order valence-electron chi connectivity index (χ2n) is 5.73. The van der Waals surface area contributed by atoms with E-state index in [-0.39, 0.29) is 4.90 Å². The number of alkyl halides is 3. The van der Waals surface area contributed by atoms with Gasteiger partial charge in [0.05, 0.1) is 17.1 Å². The van der Waals surface area contributed by atoms with Crippen LogP contribution in [0.3, 0.4) is 0 Å². The molecule has 1 rings (SSSR count). The summed E-state index contributed by atoms with van der Waals surface area (Å²) in [6.45, 7) is 6.43. The second kappa shape index (κ2) is 8.89. The van der Waals surface area contributed by atoms with Gasteiger partial charge in [-0.05, 0) is 39.8 Å². The van der Waals surface area contributed by atoms with Gasteiger partial charge >= 0.3 is 7.60 Å². The van der Waals surface area contributed by atoms with Crippen LogP contribution in [0.4, 0.5) is 0 Å². The van der Waals surface area contributed by atoms with Crippen LogP contribution < -0.4 is 4.72 Å². The Kier molecular flexibility index (Phi) is 8.25. The molecule has 25 heavy (non-hydrogen) atoms. The Morgan fingerprint density at radius 3 is 1.80 bits per heavy atom. The molecule has 0 fully saturated rings. The van der Waals surface area contributed by atoms with Crippen molar-refractivity contribution in [3.8, 4) is 0 Å². The van der Waals surface area contributed by atoms with Crippen LogP contribution in [-0.2, 0) is 23.6 Å². The summed E-state index contributed by atoms with van der Waals surface area (Å²) in [6.07, 6.45) is -1.11. The quantitative estimate of drug-likeness (QED) is 0.456. The van der Waals surface area contributed by atoms with Gasteiger partial charge in [-0.2, -0.15) is 4.72 Å². The van der Waals surface area contributed by atoms with E-state index < -0.39 is 39.4 Å². The molecular weight excluding hydrogens is 432 g/mol. The molecule has 0 saturated heterocycles. The molecule has 6 nitrogen and oxygen atoms in total. The fourth-order valence-electron chi connectivity index (χ4n) is 1.86. The summed E-state index contributed by atoms with van der Waals surface area (Å²) in [7, 11) is -8.30. The van der Waals surface area contributed by atoms with Gasteiger partial charge in [0.25, 0.3) is 0 Å². The lowest BCUT2D eigenvalue weighted by Gasteiger charge is -2.33. The molecule has 144 valence electrons. The van der Waals surface area contributed by atoms with Crippen molar-refractivity contribution in [3.63, 3.8) is 0 Å². The zero-order valence-electron chi connectivity index (χ0n) is 14.1. The molecule has 1 atom stereocenters. The first-order valence-corrected chi connectivity index (χ1v) is 11.6. The maximum atomic E-state index is 13.3. The van der Waals surface area contributed by atoms with E-state index in [1.165, 1.54) is 24.3 Å². The Balaban J connectivity index is 3.34. The summed E-state index contributed by atoms with van der Waals surface area (Å²) < 4.78 is 49.1. The molecule has 0 aliphatic rings. The third-order valence-electron chi connectivity index (χ3n) is 2.66. The molecule has 1 unspecified atom stereocenters. The van der Waals surface area contributed by atoms with Crippen molar-refractivity contribution < 1.29 is 22.0 Å². The zero-order chi connectivity index (χ0) is 19.5. The molecular formula is C14H21Cl3NO5PS. The van der Waals surface area contributed by atoms with Gasteiger partial charge in [0.15, 0.2) is 5.78 Å². The Labute approximate surface area is 163 Å². The first-order chi connectivity index (χ1) is 11.3. The molecule has 0 amide bonds. The maximum Gasteiger partial charge on any atom is 0.353 e. The molecule has 1 aromatic carbocycles. The third kappa shape index (κ3) is 7.00. The van der Waals surface area contributed by atoms with Crippen LogP contribution in [0.5, 0.6) is 0 Å². The minimum absolute atomic E-state index is 0.0742. The van der Waals surface area contributed by atoms with Crippen molar-refractivity contribution in [1.82, 2.24) is 4.72 Å². The molecule has 1 aromatic rings. The van der Waals surface area contributed by atoms with Gasteiger partial charge in [-0.25, -0.2) is 8.42 Å². The van der Waals surface area contributed by atoms with E-state index in [1.54, 1.807) is 33.8 Å². The molecule has 0 aliphatic heterocycles. The molecule has 0 saturated carbocycles. The monoisotopic (exact) mass is 451 g/mol. The second-order valence-corrected chi connectivity index (χ2v) is 11.8. The molecule has 0 heterocycles. The standard InChI is InChI=1S/C14H21Cl3NO5PS/c1-10(2)22-24(19,23-11(3)4)13(14(15,16)17)18-25(20,21)12-8-6-5-7-9-12/h5-11,13,18H,1-4H3. The van der Waals surface area contributed by atoms with E-state index in [9.17, 15) is 13.0 Å². The van der Waals surface area contributed by atoms with Crippen molar-refractivity contribution in [2.75, 3.05) is 0 Å². The number of nitrogens with one attached hydrogen (secondary N) is 1. The fourth-order valence-corrected chi connectivity index (χ4v) is 7.18. The molecule has 11 heteroatoms. The number of sulfonamides is 1. The Morgan fingerprint density at radius 1 is 1.00 bits per heavy atom. The topological polar surface area (TPSA) is 81.7 Å². The van der Waals surface area contributed by atoms with E-state index in [1.807, 2.05) is 0 Å². The van der Waals surface area contributed by atoms with Gasteiger partial charge in [-0.3, -0.25) is 4.57 Å². The van der Waals surface area contributed by atoms with Crippen LogP contribution in [-0.4, -0.2) is 30.2 Å². The summed E-state index contributed by atoms with van der Waals surface area (Å²) in [5.41, 5.74) is 0. The van der Waals surface area contributed by atoms with Gasteiger partial charge in [-0.15, -0.1) is 0 Å². The lowest BCUT2D eigenvalue weighted by Crippen LogP contribution is -2.45. The average molecular weight is 453 g/mol. The Bertz CT molecular complexity index is 693. The van der Waals surface area contributed by atoms with Crippen molar-refractivity contribution in [2.24, 2.45) is 0 Å². The molecule has 0 bridgehead atoms. The highest BCUT2D eigenvalue weighted by molar-refractivity contribution is 7.89. The van der Waals surface area contributed by atoms with Crippen LogP contribution in [0.2, 0.25) is 0 Å². The van der Waals surface area contributed by atoms with Gasteiger partial charge < -0.3 is 9.05 Å². The minimum Gasteiger partial charge on any atom is -0.305 e. The normalized spacial score (nSPS) is 14.9. The van der Waals surface area contributed by atoms with E-state index in [2.05, 4.69) is 4.72 Å². The van der Waals surface area contributed by atoms with Crippen LogP contribution >= 0.6 is 42.4 Å². The summed E-state index contributed by atoms with van der Waals surface area (Å²) in [4.78, 5) is -0.0742. The van der Waals surface area contributed by atoms with E-state index >= 15 is 0 Å². The number of hydrogen-bond acceptors (Lipinski definition) is 5. The summed E-state index contributed by atoms with van der Waals surface area (Å²) in [5.74, 6) is -1.74. The highest BCUT2D eigenvalue weighted by atomic mass is 35.6. The number of halogens is 3. The minimum atomic E-state index is -4.17. The highest BCUT2D eigenvalue weighted by Crippen LogP contribution is 2.60. The van der Waals surface area contributed by atoms with Crippen molar-refractivity contribution in [3.05, 3.63) is 30.3 Å². The SMILES string of the molecule is CC(C)OP(=O)(OC(C)C)C(NS(=O)(=O)c1ccccc1)C(Cl)(Cl)Cl. The highest BCUT2D eigenvalue weighted by Gasteiger charge is 2.52. The van der Waals surface area contributed by atoms with Gasteiger partial charge in [0, 0.05) is 0 Å². The third-order valence-corrected chi connectivity index (χ3v) is 7.97. The number of rotatable bonds is 8. The first kappa shape index (κ1) is 23.2. The summed E-state index contributed by atoms with van der Waals surface area (Å²) in [5, 5.41) is 0. The molecule has 0 radical (unpaired) electrons. The summed E-state index contributed by atoms with van der Waals surface area (Å²) in [6, 6.07) is 7.44. The Morgan fingerprint density at radius 2 is 1.44 bits per heavy atom. The van der Waals surface area contributed by atoms with Crippen LogP contribution in [0.1, 0.15) is 27.7 Å².